The lowest BCUT2D eigenvalue weighted by molar-refractivity contribution is -0.143. The van der Waals surface area contributed by atoms with Crippen LogP contribution in [0.15, 0.2) is 18.2 Å². The van der Waals surface area contributed by atoms with Gasteiger partial charge >= 0.3 is 12.1 Å². The molecule has 5 heteroatoms. The first-order valence-corrected chi connectivity index (χ1v) is 6.74. The van der Waals surface area contributed by atoms with Crippen molar-refractivity contribution < 1.29 is 19.4 Å². The number of aryl methyl sites for hydroxylation is 2. The Bertz CT molecular complexity index is 527. The normalized spacial score (nSPS) is 18.7. The molecule has 2 rings (SSSR count). The average Bonchev–Trinajstić information content (AvgIpc) is 2.43. The highest BCUT2D eigenvalue weighted by atomic mass is 16.6. The Morgan fingerprint density at radius 1 is 1.35 bits per heavy atom. The molecule has 20 heavy (non-hydrogen) atoms. The molecule has 0 aliphatic carbocycles. The van der Waals surface area contributed by atoms with Crippen molar-refractivity contribution in [3.63, 3.8) is 0 Å². The number of likely N-dealkylation sites (tertiary alicyclic amines) is 1. The monoisotopic (exact) mass is 277 g/mol. The first kappa shape index (κ1) is 14.4. The van der Waals surface area contributed by atoms with E-state index in [2.05, 4.69) is 0 Å². The number of aliphatic carboxylic acids is 1. The minimum absolute atomic E-state index is 0.221. The van der Waals surface area contributed by atoms with Crippen LogP contribution in [0, 0.1) is 19.8 Å². The molecule has 1 saturated heterocycles. The van der Waals surface area contributed by atoms with Crippen molar-refractivity contribution in [1.82, 2.24) is 4.90 Å². The number of carboxylic acid groups (broad SMARTS) is 1. The minimum atomic E-state index is -0.853. The summed E-state index contributed by atoms with van der Waals surface area (Å²) in [5.74, 6) is -0.809. The molecule has 0 radical (unpaired) electrons. The van der Waals surface area contributed by atoms with E-state index in [9.17, 15) is 9.59 Å². The molecule has 1 fully saturated rings. The number of carboxylic acids is 1. The van der Waals surface area contributed by atoms with Gasteiger partial charge in [0, 0.05) is 13.1 Å². The van der Waals surface area contributed by atoms with E-state index in [4.69, 9.17) is 9.84 Å². The number of piperidine rings is 1. The van der Waals surface area contributed by atoms with Gasteiger partial charge < -0.3 is 14.7 Å². The van der Waals surface area contributed by atoms with E-state index in [0.717, 1.165) is 11.1 Å². The van der Waals surface area contributed by atoms with Crippen molar-refractivity contribution in [3.8, 4) is 5.75 Å². The van der Waals surface area contributed by atoms with E-state index >= 15 is 0 Å². The van der Waals surface area contributed by atoms with Crippen LogP contribution in [0.3, 0.4) is 0 Å². The number of ether oxygens (including phenoxy) is 1. The van der Waals surface area contributed by atoms with Gasteiger partial charge in [-0.25, -0.2) is 4.79 Å². The molecule has 0 saturated carbocycles. The number of benzene rings is 1. The van der Waals surface area contributed by atoms with Crippen LogP contribution in [0.4, 0.5) is 4.79 Å². The summed E-state index contributed by atoms with van der Waals surface area (Å²) in [4.78, 5) is 24.6. The summed E-state index contributed by atoms with van der Waals surface area (Å²) < 4.78 is 5.39. The van der Waals surface area contributed by atoms with Crippen LogP contribution in [0.25, 0.3) is 0 Å². The number of nitrogens with zero attached hydrogens (tertiary/aromatic N) is 1. The zero-order chi connectivity index (χ0) is 14.7. The van der Waals surface area contributed by atoms with Crippen LogP contribution in [-0.2, 0) is 4.79 Å². The van der Waals surface area contributed by atoms with Gasteiger partial charge in [0.25, 0.3) is 0 Å². The Morgan fingerprint density at radius 3 is 2.80 bits per heavy atom. The Hall–Kier alpha value is -2.04. The van der Waals surface area contributed by atoms with Crippen LogP contribution < -0.4 is 4.74 Å². The zero-order valence-corrected chi connectivity index (χ0v) is 11.8. The lowest BCUT2D eigenvalue weighted by Crippen LogP contribution is -2.43. The van der Waals surface area contributed by atoms with Gasteiger partial charge in [-0.2, -0.15) is 0 Å². The highest BCUT2D eigenvalue weighted by Crippen LogP contribution is 2.22. The van der Waals surface area contributed by atoms with E-state index in [1.54, 1.807) is 0 Å². The predicted octanol–water partition coefficient (Wildman–Crippen LogP) is 2.60. The SMILES string of the molecule is Cc1ccc(C)c(OC(=O)N2CCCC(C(=O)O)C2)c1. The van der Waals surface area contributed by atoms with E-state index in [1.165, 1.54) is 4.90 Å². The van der Waals surface area contributed by atoms with Gasteiger partial charge in [-0.3, -0.25) is 4.79 Å². The fourth-order valence-corrected chi connectivity index (χ4v) is 2.32. The van der Waals surface area contributed by atoms with Gasteiger partial charge in [0.2, 0.25) is 0 Å². The molecule has 0 bridgehead atoms. The van der Waals surface area contributed by atoms with Crippen LogP contribution in [0.1, 0.15) is 24.0 Å². The van der Waals surface area contributed by atoms with Crippen molar-refractivity contribution >= 4 is 12.1 Å². The third kappa shape index (κ3) is 3.29. The molecule has 108 valence electrons. The molecule has 1 heterocycles. The average molecular weight is 277 g/mol. The Morgan fingerprint density at radius 2 is 2.10 bits per heavy atom. The number of hydrogen-bond donors (Lipinski definition) is 1. The Balaban J connectivity index is 2.04. The predicted molar refractivity (Wildman–Crippen MR) is 73.9 cm³/mol. The smallest absolute Gasteiger partial charge is 0.415 e. The number of hydrogen-bond acceptors (Lipinski definition) is 3. The Labute approximate surface area is 118 Å². The van der Waals surface area contributed by atoms with Crippen molar-refractivity contribution in [3.05, 3.63) is 29.3 Å². The maximum Gasteiger partial charge on any atom is 0.415 e. The van der Waals surface area contributed by atoms with Crippen molar-refractivity contribution in [2.75, 3.05) is 13.1 Å². The lowest BCUT2D eigenvalue weighted by atomic mass is 9.99. The van der Waals surface area contributed by atoms with Crippen molar-refractivity contribution in [2.24, 2.45) is 5.92 Å². The summed E-state index contributed by atoms with van der Waals surface area (Å²) in [6, 6.07) is 5.66. The summed E-state index contributed by atoms with van der Waals surface area (Å²) in [7, 11) is 0. The maximum atomic E-state index is 12.1. The van der Waals surface area contributed by atoms with Gasteiger partial charge in [-0.05, 0) is 43.9 Å². The maximum absolute atomic E-state index is 12.1. The third-order valence-electron chi connectivity index (χ3n) is 3.57. The molecule has 0 aromatic heterocycles. The van der Waals surface area contributed by atoms with Gasteiger partial charge in [0.15, 0.2) is 0 Å². The number of rotatable bonds is 2. The summed E-state index contributed by atoms with van der Waals surface area (Å²) in [6.07, 6.45) is 0.839. The van der Waals surface area contributed by atoms with Crippen LogP contribution in [-0.4, -0.2) is 35.2 Å². The molecule has 1 aliphatic heterocycles. The van der Waals surface area contributed by atoms with E-state index < -0.39 is 18.0 Å². The molecule has 1 N–H and O–H groups in total. The van der Waals surface area contributed by atoms with Gasteiger partial charge in [0.05, 0.1) is 5.92 Å². The molecule has 0 spiro atoms. The number of amides is 1. The zero-order valence-electron chi connectivity index (χ0n) is 11.8. The van der Waals surface area contributed by atoms with E-state index in [-0.39, 0.29) is 6.54 Å². The number of carbonyl (C=O) groups is 2. The summed E-state index contributed by atoms with van der Waals surface area (Å²) >= 11 is 0. The molecule has 1 unspecified atom stereocenters. The second-order valence-corrected chi connectivity index (χ2v) is 5.26. The first-order valence-electron chi connectivity index (χ1n) is 6.74. The van der Waals surface area contributed by atoms with Gasteiger partial charge in [0.1, 0.15) is 5.75 Å². The van der Waals surface area contributed by atoms with Crippen LogP contribution >= 0.6 is 0 Å². The van der Waals surface area contributed by atoms with E-state index in [1.807, 2.05) is 32.0 Å². The molecule has 1 aliphatic rings. The Kier molecular flexibility index (Phi) is 4.27. The minimum Gasteiger partial charge on any atom is -0.481 e. The highest BCUT2D eigenvalue weighted by Gasteiger charge is 2.29. The second kappa shape index (κ2) is 5.94. The quantitative estimate of drug-likeness (QED) is 0.902. The first-order chi connectivity index (χ1) is 9.47. The molecular weight excluding hydrogens is 258 g/mol. The molecular formula is C15H19NO4. The molecule has 1 aromatic rings. The molecule has 1 atom stereocenters. The summed E-state index contributed by atoms with van der Waals surface area (Å²) in [5, 5.41) is 9.03. The standard InChI is InChI=1S/C15H19NO4/c1-10-5-6-11(2)13(8-10)20-15(19)16-7-3-4-12(9-16)14(17)18/h5-6,8,12H,3-4,7,9H2,1-2H3,(H,17,18). The third-order valence-corrected chi connectivity index (χ3v) is 3.57. The summed E-state index contributed by atoms with van der Waals surface area (Å²) in [5.41, 5.74) is 1.90. The van der Waals surface area contributed by atoms with Crippen molar-refractivity contribution in [2.45, 2.75) is 26.7 Å². The van der Waals surface area contributed by atoms with Crippen LogP contribution in [0.5, 0.6) is 5.75 Å². The van der Waals surface area contributed by atoms with E-state index in [0.29, 0.717) is 25.1 Å². The van der Waals surface area contributed by atoms with Crippen LogP contribution in [0.2, 0.25) is 0 Å². The van der Waals surface area contributed by atoms with Gasteiger partial charge in [-0.1, -0.05) is 12.1 Å². The molecule has 1 amide bonds. The lowest BCUT2D eigenvalue weighted by Gasteiger charge is -2.29. The van der Waals surface area contributed by atoms with Gasteiger partial charge in [-0.15, -0.1) is 0 Å². The van der Waals surface area contributed by atoms with Crippen molar-refractivity contribution in [1.29, 1.82) is 0 Å². The second-order valence-electron chi connectivity index (χ2n) is 5.26. The molecule has 1 aromatic carbocycles. The summed E-state index contributed by atoms with van der Waals surface area (Å²) in [6.45, 7) is 4.57. The fourth-order valence-electron chi connectivity index (χ4n) is 2.32. The highest BCUT2D eigenvalue weighted by molar-refractivity contribution is 5.74. The largest absolute Gasteiger partial charge is 0.481 e. The fraction of sp³-hybridized carbons (Fsp3) is 0.467. The molecule has 5 nitrogen and oxygen atoms in total. The topological polar surface area (TPSA) is 66.8 Å². The number of carbonyl (C=O) groups excluding carboxylic acids is 1.